The fourth-order valence-corrected chi connectivity index (χ4v) is 17.2. The van der Waals surface area contributed by atoms with Gasteiger partial charge in [0, 0.05) is 50.6 Å². The zero-order valence-corrected chi connectivity index (χ0v) is 61.1. The molecule has 0 radical (unpaired) electrons. The Morgan fingerprint density at radius 3 is 1.12 bits per heavy atom. The third kappa shape index (κ3) is 10.5. The van der Waals surface area contributed by atoms with Crippen LogP contribution in [0.1, 0.15) is 182 Å². The van der Waals surface area contributed by atoms with Crippen LogP contribution in [0.3, 0.4) is 0 Å². The van der Waals surface area contributed by atoms with Gasteiger partial charge in [-0.05, 0) is 236 Å². The molecular formula is C94H96BN3. The van der Waals surface area contributed by atoms with E-state index in [9.17, 15) is 0 Å². The third-order valence-electron chi connectivity index (χ3n) is 23.6. The van der Waals surface area contributed by atoms with Gasteiger partial charge in [-0.15, -0.1) is 0 Å². The van der Waals surface area contributed by atoms with E-state index in [0.717, 1.165) is 17.1 Å². The van der Waals surface area contributed by atoms with Crippen LogP contribution in [0.4, 0.5) is 34.1 Å². The average molecular weight is 1280 g/mol. The number of fused-ring (bicyclic) bond motifs is 9. The molecule has 4 aliphatic rings. The second kappa shape index (κ2) is 22.2. The van der Waals surface area contributed by atoms with Crippen LogP contribution in [0, 0.1) is 0 Å². The highest BCUT2D eigenvalue weighted by Crippen LogP contribution is 2.52. The molecule has 0 fully saturated rings. The van der Waals surface area contributed by atoms with Crippen LogP contribution < -0.4 is 26.2 Å². The van der Waals surface area contributed by atoms with Gasteiger partial charge in [-0.2, -0.15) is 0 Å². The fraction of sp³-hybridized carbons (Fsp3) is 0.298. The number of aromatic nitrogens is 1. The van der Waals surface area contributed by atoms with Gasteiger partial charge in [0.05, 0.1) is 11.0 Å². The number of hydrogen-bond acceptors (Lipinski definition) is 2. The minimum Gasteiger partial charge on any atom is -0.311 e. The summed E-state index contributed by atoms with van der Waals surface area (Å²) < 4.78 is 2.52. The first-order valence-electron chi connectivity index (χ1n) is 36.3. The van der Waals surface area contributed by atoms with E-state index in [0.29, 0.717) is 0 Å². The largest absolute Gasteiger partial charge is 0.311 e. The Hall–Kier alpha value is -9.12. The minimum absolute atomic E-state index is 0.00153. The lowest BCUT2D eigenvalue weighted by molar-refractivity contribution is 0.332. The molecule has 2 aliphatic carbocycles. The Morgan fingerprint density at radius 2 is 0.643 bits per heavy atom. The van der Waals surface area contributed by atoms with Gasteiger partial charge in [-0.3, -0.25) is 0 Å². The van der Waals surface area contributed by atoms with E-state index in [1.54, 1.807) is 0 Å². The Balaban J connectivity index is 0.952. The monoisotopic (exact) mass is 1280 g/mol. The number of anilines is 6. The second-order valence-corrected chi connectivity index (χ2v) is 35.2. The average Bonchev–Trinajstić information content (AvgIpc) is 0.696. The van der Waals surface area contributed by atoms with Crippen LogP contribution in [0.15, 0.2) is 224 Å². The normalized spacial score (nSPS) is 16.5. The Morgan fingerprint density at radius 1 is 0.286 bits per heavy atom. The second-order valence-electron chi connectivity index (χ2n) is 35.2. The lowest BCUT2D eigenvalue weighted by atomic mass is 9.33. The fourth-order valence-electron chi connectivity index (χ4n) is 17.2. The van der Waals surface area contributed by atoms with Gasteiger partial charge < -0.3 is 14.4 Å². The molecule has 3 heterocycles. The van der Waals surface area contributed by atoms with E-state index in [2.05, 4.69) is 357 Å². The quantitative estimate of drug-likeness (QED) is 0.147. The molecule has 0 saturated heterocycles. The number of hydrogen-bond donors (Lipinski definition) is 0. The minimum atomic E-state index is -0.113. The van der Waals surface area contributed by atoms with Crippen LogP contribution in [-0.2, 0) is 37.9 Å². The molecule has 4 heteroatoms. The highest BCUT2D eigenvalue weighted by Gasteiger charge is 2.45. The summed E-state index contributed by atoms with van der Waals surface area (Å²) >= 11 is 0. The molecule has 98 heavy (non-hydrogen) atoms. The van der Waals surface area contributed by atoms with Gasteiger partial charge in [-0.25, -0.2) is 0 Å². The molecule has 12 aromatic rings. The molecule has 0 amide bonds. The van der Waals surface area contributed by atoms with Gasteiger partial charge in [0.25, 0.3) is 6.71 Å². The summed E-state index contributed by atoms with van der Waals surface area (Å²) in [5, 5.41) is 2.54. The van der Waals surface area contributed by atoms with Crippen molar-refractivity contribution in [3.8, 4) is 50.2 Å². The van der Waals surface area contributed by atoms with Gasteiger partial charge in [0.2, 0.25) is 0 Å². The maximum atomic E-state index is 2.63. The van der Waals surface area contributed by atoms with Crippen molar-refractivity contribution in [3.05, 3.63) is 263 Å². The Bertz CT molecular complexity index is 5180. The predicted molar refractivity (Wildman–Crippen MR) is 423 cm³/mol. The molecular weight excluding hydrogens is 1180 g/mol. The molecule has 0 spiro atoms. The first-order valence-corrected chi connectivity index (χ1v) is 36.3. The maximum Gasteiger partial charge on any atom is 0.252 e. The molecule has 0 atom stereocenters. The SMILES string of the molecule is CC(C)(C)c1ccc(-c2ccc3c(c2)N(c2ccc(-c4ccc5c(c4)C(C)(C)CCC5(C)C)cc2)c2cc(-c4ccc(C(C)(C)C)cc4)cc4c2B3c2ccc(-n3c5ccccc5c5cc(C(C)(C)C)ccc53)cc2N4c2ccc(-c3ccc4c(c3)C(C)(C)CCC4(C)C)cc2)cc1. The van der Waals surface area contributed by atoms with Crippen LogP contribution in [0.5, 0.6) is 0 Å². The van der Waals surface area contributed by atoms with E-state index < -0.39 is 0 Å². The van der Waals surface area contributed by atoms with Crippen LogP contribution in [-0.4, -0.2) is 11.3 Å². The van der Waals surface area contributed by atoms with Crippen molar-refractivity contribution in [2.75, 3.05) is 9.80 Å². The van der Waals surface area contributed by atoms with E-state index in [1.165, 1.54) is 170 Å². The summed E-state index contributed by atoms with van der Waals surface area (Å²) in [7, 11) is 0. The number of benzene rings is 11. The van der Waals surface area contributed by atoms with Gasteiger partial charge in [-0.1, -0.05) is 269 Å². The van der Waals surface area contributed by atoms with Crippen molar-refractivity contribution >= 4 is 79.0 Å². The van der Waals surface area contributed by atoms with Gasteiger partial charge in [0.1, 0.15) is 0 Å². The zero-order chi connectivity index (χ0) is 68.5. The summed E-state index contributed by atoms with van der Waals surface area (Å²) in [6.45, 7) is 40.2. The van der Waals surface area contributed by atoms with Crippen molar-refractivity contribution in [3.63, 3.8) is 0 Å². The van der Waals surface area contributed by atoms with E-state index in [4.69, 9.17) is 0 Å². The maximum absolute atomic E-state index is 2.63. The first-order chi connectivity index (χ1) is 46.4. The smallest absolute Gasteiger partial charge is 0.252 e. The molecule has 0 bridgehead atoms. The van der Waals surface area contributed by atoms with E-state index >= 15 is 0 Å². The summed E-state index contributed by atoms with van der Waals surface area (Å²) in [5.74, 6) is 0. The molecule has 0 N–H and O–H groups in total. The molecule has 16 rings (SSSR count). The summed E-state index contributed by atoms with van der Waals surface area (Å²) in [6.07, 6.45) is 4.74. The Kier molecular flexibility index (Phi) is 14.4. The first kappa shape index (κ1) is 63.6. The molecule has 11 aromatic carbocycles. The Labute approximate surface area is 584 Å². The predicted octanol–water partition coefficient (Wildman–Crippen LogP) is 24.1. The van der Waals surface area contributed by atoms with Crippen LogP contribution in [0.2, 0.25) is 0 Å². The van der Waals surface area contributed by atoms with Crippen molar-refractivity contribution in [1.29, 1.82) is 0 Å². The van der Waals surface area contributed by atoms with Crippen molar-refractivity contribution in [2.24, 2.45) is 0 Å². The molecule has 1 aromatic heterocycles. The summed E-state index contributed by atoms with van der Waals surface area (Å²) in [5.41, 5.74) is 34.6. The van der Waals surface area contributed by atoms with Crippen LogP contribution >= 0.6 is 0 Å². The number of rotatable bonds is 7. The lowest BCUT2D eigenvalue weighted by Crippen LogP contribution is -2.61. The van der Waals surface area contributed by atoms with E-state index in [-0.39, 0.29) is 44.6 Å². The summed E-state index contributed by atoms with van der Waals surface area (Å²) in [6, 6.07) is 88.6. The van der Waals surface area contributed by atoms with Crippen molar-refractivity contribution < 1.29 is 0 Å². The lowest BCUT2D eigenvalue weighted by Gasteiger charge is -2.45. The highest BCUT2D eigenvalue weighted by molar-refractivity contribution is 7.00. The van der Waals surface area contributed by atoms with Crippen LogP contribution in [0.25, 0.3) is 72.0 Å². The molecule has 0 unspecified atom stereocenters. The molecule has 2 aliphatic heterocycles. The molecule has 0 saturated carbocycles. The molecule has 490 valence electrons. The van der Waals surface area contributed by atoms with Gasteiger partial charge >= 0.3 is 0 Å². The zero-order valence-electron chi connectivity index (χ0n) is 61.1. The van der Waals surface area contributed by atoms with Crippen molar-refractivity contribution in [1.82, 2.24) is 4.57 Å². The van der Waals surface area contributed by atoms with Crippen molar-refractivity contribution in [2.45, 2.75) is 181 Å². The highest BCUT2D eigenvalue weighted by atomic mass is 15.2. The molecule has 3 nitrogen and oxygen atoms in total. The summed E-state index contributed by atoms with van der Waals surface area (Å²) in [4.78, 5) is 5.25. The van der Waals surface area contributed by atoms with Gasteiger partial charge in [0.15, 0.2) is 0 Å². The topological polar surface area (TPSA) is 11.4 Å². The third-order valence-corrected chi connectivity index (χ3v) is 23.6. The number of para-hydroxylation sites is 1. The standard InChI is InChI=1S/C94H96BN3/c1-88(2,3)67-33-22-59(23-34-67)65-32-45-79-83(54-65)96(70-38-26-60(27-39-70)63-30-43-75-77(52-63)93(14,15)50-48-91(75,10)11)85-55-66(62-24-35-68(36-25-62)89(4,5)6)56-86-87(85)95(79)80-46-42-72(98-81-21-19-18-20-73(81)74-57-69(90(7,8)9)37-47-82(74)98)58-84(80)97(86)71-40-28-61(29-41-71)64-31-44-76-78(53-64)94(16,17)51-49-92(76,12)13/h18-47,52-58H,48-51H2,1-17H3. The van der Waals surface area contributed by atoms with E-state index in [1.807, 2.05) is 0 Å². The number of nitrogens with zero attached hydrogens (tertiary/aromatic N) is 3.